The van der Waals surface area contributed by atoms with E-state index in [2.05, 4.69) is 5.32 Å². The van der Waals surface area contributed by atoms with E-state index in [0.29, 0.717) is 26.2 Å². The second-order valence-corrected chi connectivity index (χ2v) is 3.44. The van der Waals surface area contributed by atoms with Crippen LogP contribution in [0.15, 0.2) is 0 Å². The van der Waals surface area contributed by atoms with Gasteiger partial charge in [0.1, 0.15) is 0 Å². The highest BCUT2D eigenvalue weighted by Crippen LogP contribution is 2.14. The zero-order chi connectivity index (χ0) is 10.2. The van der Waals surface area contributed by atoms with Gasteiger partial charge in [-0.1, -0.05) is 0 Å². The molecule has 0 aliphatic carbocycles. The summed E-state index contributed by atoms with van der Waals surface area (Å²) in [6, 6.07) is 2.05. The third-order valence-corrected chi connectivity index (χ3v) is 2.36. The van der Waals surface area contributed by atoms with Crippen LogP contribution in [0.25, 0.3) is 0 Å². The van der Waals surface area contributed by atoms with Crippen molar-refractivity contribution >= 4 is 5.91 Å². The van der Waals surface area contributed by atoms with Crippen molar-refractivity contribution in [2.24, 2.45) is 5.92 Å². The molecule has 0 aromatic rings. The Morgan fingerprint density at radius 3 is 2.86 bits per heavy atom. The summed E-state index contributed by atoms with van der Waals surface area (Å²) in [6.45, 7) is 2.00. The number of hydrogen-bond donors (Lipinski definition) is 1. The smallest absolute Gasteiger partial charge is 0.223 e. The normalized spacial score (nSPS) is 17.4. The van der Waals surface area contributed by atoms with Crippen LogP contribution in [0.3, 0.4) is 0 Å². The molecule has 1 N–H and O–H groups in total. The molecule has 0 unspecified atom stereocenters. The van der Waals surface area contributed by atoms with Crippen molar-refractivity contribution < 1.29 is 9.53 Å². The second kappa shape index (κ2) is 6.39. The third-order valence-electron chi connectivity index (χ3n) is 2.36. The van der Waals surface area contributed by atoms with Gasteiger partial charge >= 0.3 is 0 Å². The predicted octanol–water partition coefficient (Wildman–Crippen LogP) is 0.833. The molecular formula is C10H16N2O2. The minimum absolute atomic E-state index is 0.117. The lowest BCUT2D eigenvalue weighted by Crippen LogP contribution is -2.34. The van der Waals surface area contributed by atoms with E-state index in [1.165, 1.54) is 0 Å². The van der Waals surface area contributed by atoms with E-state index >= 15 is 0 Å². The summed E-state index contributed by atoms with van der Waals surface area (Å²) in [7, 11) is 0. The van der Waals surface area contributed by atoms with Crippen molar-refractivity contribution in [2.45, 2.75) is 25.7 Å². The Hall–Kier alpha value is -1.08. The predicted molar refractivity (Wildman–Crippen MR) is 51.4 cm³/mol. The molecule has 0 atom stereocenters. The summed E-state index contributed by atoms with van der Waals surface area (Å²) in [5, 5.41) is 11.1. The fourth-order valence-corrected chi connectivity index (χ4v) is 1.48. The Bertz CT molecular complexity index is 217. The van der Waals surface area contributed by atoms with Gasteiger partial charge in [-0.05, 0) is 19.3 Å². The number of carbonyl (C=O) groups excluding carboxylic acids is 1. The van der Waals surface area contributed by atoms with Crippen molar-refractivity contribution in [3.63, 3.8) is 0 Å². The first-order chi connectivity index (χ1) is 6.84. The molecule has 0 aromatic heterocycles. The van der Waals surface area contributed by atoms with Crippen LogP contribution in [0.1, 0.15) is 25.7 Å². The van der Waals surface area contributed by atoms with E-state index in [0.717, 1.165) is 19.3 Å². The molecule has 4 heteroatoms. The molecule has 78 valence electrons. The highest BCUT2D eigenvalue weighted by molar-refractivity contribution is 5.78. The van der Waals surface area contributed by atoms with Gasteiger partial charge in [0.05, 0.1) is 6.07 Å². The van der Waals surface area contributed by atoms with Crippen LogP contribution < -0.4 is 5.32 Å². The van der Waals surface area contributed by atoms with Gasteiger partial charge in [0.15, 0.2) is 0 Å². The van der Waals surface area contributed by atoms with Crippen LogP contribution in [0, 0.1) is 17.2 Å². The Morgan fingerprint density at radius 1 is 1.50 bits per heavy atom. The van der Waals surface area contributed by atoms with Crippen LogP contribution in [0.2, 0.25) is 0 Å². The minimum Gasteiger partial charge on any atom is -0.381 e. The molecule has 0 aromatic carbocycles. The fourth-order valence-electron chi connectivity index (χ4n) is 1.48. The molecule has 1 aliphatic rings. The van der Waals surface area contributed by atoms with Gasteiger partial charge in [-0.15, -0.1) is 0 Å². The average Bonchev–Trinajstić information content (AvgIpc) is 2.25. The molecule has 1 fully saturated rings. The molecule has 0 radical (unpaired) electrons. The average molecular weight is 196 g/mol. The first-order valence-corrected chi connectivity index (χ1v) is 5.07. The molecule has 0 bridgehead atoms. The number of nitrogens with zero attached hydrogens (tertiary/aromatic N) is 1. The van der Waals surface area contributed by atoms with Crippen LogP contribution >= 0.6 is 0 Å². The number of amides is 1. The molecule has 14 heavy (non-hydrogen) atoms. The summed E-state index contributed by atoms with van der Waals surface area (Å²) < 4.78 is 5.17. The van der Waals surface area contributed by atoms with E-state index in [1.807, 2.05) is 6.07 Å². The second-order valence-electron chi connectivity index (χ2n) is 3.44. The van der Waals surface area contributed by atoms with Gasteiger partial charge in [-0.3, -0.25) is 4.79 Å². The van der Waals surface area contributed by atoms with Crippen molar-refractivity contribution in [1.82, 2.24) is 5.32 Å². The number of nitrogens with one attached hydrogen (secondary N) is 1. The summed E-state index contributed by atoms with van der Waals surface area (Å²) in [6.07, 6.45) is 2.90. The van der Waals surface area contributed by atoms with Gasteiger partial charge in [-0.2, -0.15) is 5.26 Å². The van der Waals surface area contributed by atoms with Crippen molar-refractivity contribution in [1.29, 1.82) is 5.26 Å². The van der Waals surface area contributed by atoms with E-state index in [-0.39, 0.29) is 11.8 Å². The monoisotopic (exact) mass is 196 g/mol. The number of rotatable bonds is 4. The van der Waals surface area contributed by atoms with Crippen LogP contribution in [-0.4, -0.2) is 25.7 Å². The molecular weight excluding hydrogens is 180 g/mol. The van der Waals surface area contributed by atoms with Crippen molar-refractivity contribution in [3.8, 4) is 6.07 Å². The topological polar surface area (TPSA) is 62.1 Å². The Kier molecular flexibility index (Phi) is 5.02. The molecule has 0 saturated carbocycles. The van der Waals surface area contributed by atoms with Crippen molar-refractivity contribution in [2.75, 3.05) is 19.8 Å². The lowest BCUT2D eigenvalue weighted by molar-refractivity contribution is -0.127. The summed E-state index contributed by atoms with van der Waals surface area (Å²) in [4.78, 5) is 11.5. The molecule has 1 aliphatic heterocycles. The molecule has 0 spiro atoms. The largest absolute Gasteiger partial charge is 0.381 e. The highest BCUT2D eigenvalue weighted by atomic mass is 16.5. The molecule has 4 nitrogen and oxygen atoms in total. The maximum absolute atomic E-state index is 11.5. The first-order valence-electron chi connectivity index (χ1n) is 5.07. The molecule has 1 amide bonds. The van der Waals surface area contributed by atoms with E-state index in [9.17, 15) is 4.79 Å². The molecule has 1 heterocycles. The van der Waals surface area contributed by atoms with Gasteiger partial charge in [0.2, 0.25) is 5.91 Å². The summed E-state index contributed by atoms with van der Waals surface area (Å²) in [5.41, 5.74) is 0. The SMILES string of the molecule is N#CCCCNC(=O)C1CCOCC1. The van der Waals surface area contributed by atoms with Crippen LogP contribution in [-0.2, 0) is 9.53 Å². The van der Waals surface area contributed by atoms with Crippen molar-refractivity contribution in [3.05, 3.63) is 0 Å². The van der Waals surface area contributed by atoms with Gasteiger partial charge < -0.3 is 10.1 Å². The van der Waals surface area contributed by atoms with Crippen LogP contribution in [0.5, 0.6) is 0 Å². The Morgan fingerprint density at radius 2 is 2.21 bits per heavy atom. The zero-order valence-electron chi connectivity index (χ0n) is 8.29. The fraction of sp³-hybridized carbons (Fsp3) is 0.800. The number of nitriles is 1. The van der Waals surface area contributed by atoms with Crippen LogP contribution in [0.4, 0.5) is 0 Å². The molecule has 1 rings (SSSR count). The van der Waals surface area contributed by atoms with Gasteiger partial charge in [0.25, 0.3) is 0 Å². The summed E-state index contributed by atoms with van der Waals surface area (Å²) >= 11 is 0. The van der Waals surface area contributed by atoms with Gasteiger partial charge in [0, 0.05) is 32.1 Å². The Balaban J connectivity index is 2.11. The van der Waals surface area contributed by atoms with Gasteiger partial charge in [-0.25, -0.2) is 0 Å². The van der Waals surface area contributed by atoms with E-state index < -0.39 is 0 Å². The highest BCUT2D eigenvalue weighted by Gasteiger charge is 2.20. The lowest BCUT2D eigenvalue weighted by atomic mass is 9.99. The number of ether oxygens (including phenoxy) is 1. The van der Waals surface area contributed by atoms with E-state index in [1.54, 1.807) is 0 Å². The maximum Gasteiger partial charge on any atom is 0.223 e. The number of unbranched alkanes of at least 4 members (excludes halogenated alkanes) is 1. The number of carbonyl (C=O) groups is 1. The van der Waals surface area contributed by atoms with E-state index in [4.69, 9.17) is 10.00 Å². The quantitative estimate of drug-likeness (QED) is 0.677. The number of hydrogen-bond acceptors (Lipinski definition) is 3. The standard InChI is InChI=1S/C10H16N2O2/c11-5-1-2-6-12-10(13)9-3-7-14-8-4-9/h9H,1-4,6-8H2,(H,12,13). The molecule has 1 saturated heterocycles. The lowest BCUT2D eigenvalue weighted by Gasteiger charge is -2.20. The Labute approximate surface area is 84.2 Å². The zero-order valence-corrected chi connectivity index (χ0v) is 8.29. The minimum atomic E-state index is 0.117. The maximum atomic E-state index is 11.5. The first kappa shape index (κ1) is 11.0. The summed E-state index contributed by atoms with van der Waals surface area (Å²) in [5.74, 6) is 0.233. The third kappa shape index (κ3) is 3.75.